The molecule has 2 heteroatoms. The van der Waals surface area contributed by atoms with E-state index in [4.69, 9.17) is 4.74 Å². The monoisotopic (exact) mass is 190 g/mol. The average Bonchev–Trinajstić information content (AvgIpc) is 2.18. The molecule has 0 saturated heterocycles. The molecule has 0 amide bonds. The first kappa shape index (κ1) is 12.4. The van der Waals surface area contributed by atoms with E-state index in [1.807, 2.05) is 6.92 Å². The Morgan fingerprint density at radius 3 is 2.79 bits per heavy atom. The average molecular weight is 190 g/mol. The van der Waals surface area contributed by atoms with E-state index in [-0.39, 0.29) is 0 Å². The molecule has 1 N–H and O–H groups in total. The summed E-state index contributed by atoms with van der Waals surface area (Å²) in [5.74, 6) is 13.3. The normalized spacial score (nSPS) is 9.36. The lowest BCUT2D eigenvalue weighted by molar-refractivity contribution is 0.220. The molecule has 0 bridgehead atoms. The third-order valence-electron chi connectivity index (χ3n) is 1.26. The minimum atomic E-state index is -0.662. The molecule has 0 radical (unpaired) electrons. The highest BCUT2D eigenvalue weighted by molar-refractivity contribution is 5.24. The third kappa shape index (κ3) is 8.54. The highest BCUT2D eigenvalue weighted by atomic mass is 16.5. The number of ether oxygens (including phenoxy) is 1. The van der Waals surface area contributed by atoms with Gasteiger partial charge in [0.2, 0.25) is 0 Å². The van der Waals surface area contributed by atoms with Gasteiger partial charge < -0.3 is 9.84 Å². The van der Waals surface area contributed by atoms with Crippen LogP contribution < -0.4 is 0 Å². The van der Waals surface area contributed by atoms with Crippen LogP contribution in [0, 0.1) is 35.7 Å². The van der Waals surface area contributed by atoms with E-state index in [1.165, 1.54) is 0 Å². The van der Waals surface area contributed by atoms with Crippen molar-refractivity contribution in [3.8, 4) is 35.7 Å². The second-order valence-electron chi connectivity index (χ2n) is 2.41. The quantitative estimate of drug-likeness (QED) is 0.676. The summed E-state index contributed by atoms with van der Waals surface area (Å²) in [7, 11) is 0. The fourth-order valence-electron chi connectivity index (χ4n) is 0.632. The van der Waals surface area contributed by atoms with E-state index >= 15 is 0 Å². The molecule has 0 aliphatic carbocycles. The molecule has 0 aromatic heterocycles. The minimum absolute atomic E-state index is 0.526. The zero-order chi connectivity index (χ0) is 10.6. The Morgan fingerprint density at radius 1 is 1.36 bits per heavy atom. The number of aliphatic hydroxyl groups excluding tert-OH is 1. The molecule has 0 aliphatic heterocycles. The Morgan fingerprint density at radius 2 is 2.14 bits per heavy atom. The van der Waals surface area contributed by atoms with Gasteiger partial charge in [-0.2, -0.15) is 0 Å². The lowest BCUT2D eigenvalue weighted by Gasteiger charge is -1.96. The number of hydrogen-bond donors (Lipinski definition) is 1. The summed E-state index contributed by atoms with van der Waals surface area (Å²) in [4.78, 5) is 0. The van der Waals surface area contributed by atoms with Crippen molar-refractivity contribution in [1.29, 1.82) is 0 Å². The standard InChI is InChI=1S/C12H14O2/c1-3-5-6-7-8-9-12(13)10-11-14-4-2/h12-13H,4,8-9H2,1-2H3. The van der Waals surface area contributed by atoms with E-state index in [9.17, 15) is 5.11 Å². The topological polar surface area (TPSA) is 29.5 Å². The molecule has 0 aromatic carbocycles. The van der Waals surface area contributed by atoms with Crippen molar-refractivity contribution in [3.05, 3.63) is 0 Å². The third-order valence-corrected chi connectivity index (χ3v) is 1.26. The first-order valence-electron chi connectivity index (χ1n) is 4.51. The predicted octanol–water partition coefficient (Wildman–Crippen LogP) is 1.15. The van der Waals surface area contributed by atoms with Gasteiger partial charge in [0.1, 0.15) is 12.2 Å². The van der Waals surface area contributed by atoms with E-state index < -0.39 is 6.10 Å². The predicted molar refractivity (Wildman–Crippen MR) is 55.9 cm³/mol. The maximum Gasteiger partial charge on any atom is 0.119 e. The Hall–Kier alpha value is -1.56. The molecule has 0 spiro atoms. The van der Waals surface area contributed by atoms with Gasteiger partial charge in [-0.1, -0.05) is 11.8 Å². The van der Waals surface area contributed by atoms with Crippen LogP contribution in [0.4, 0.5) is 0 Å². The van der Waals surface area contributed by atoms with Gasteiger partial charge >= 0.3 is 0 Å². The molecule has 14 heavy (non-hydrogen) atoms. The van der Waals surface area contributed by atoms with Gasteiger partial charge in [-0.05, 0) is 38.0 Å². The maximum absolute atomic E-state index is 9.27. The van der Waals surface area contributed by atoms with Crippen LogP contribution in [0.2, 0.25) is 0 Å². The van der Waals surface area contributed by atoms with Crippen LogP contribution in [0.15, 0.2) is 0 Å². The van der Waals surface area contributed by atoms with Crippen molar-refractivity contribution in [2.24, 2.45) is 0 Å². The molecule has 1 unspecified atom stereocenters. The summed E-state index contributed by atoms with van der Waals surface area (Å²) in [6, 6.07) is 0. The van der Waals surface area contributed by atoms with E-state index in [0.717, 1.165) is 0 Å². The second-order valence-corrected chi connectivity index (χ2v) is 2.41. The van der Waals surface area contributed by atoms with Crippen molar-refractivity contribution >= 4 is 0 Å². The van der Waals surface area contributed by atoms with Crippen molar-refractivity contribution < 1.29 is 9.84 Å². The SMILES string of the molecule is CC#CC#CCCC(O)C#COCC. The van der Waals surface area contributed by atoms with Crippen molar-refractivity contribution in [2.45, 2.75) is 32.8 Å². The molecule has 0 saturated carbocycles. The Balaban J connectivity index is 3.65. The lowest BCUT2D eigenvalue weighted by Crippen LogP contribution is -2.01. The van der Waals surface area contributed by atoms with Crippen molar-refractivity contribution in [2.75, 3.05) is 6.61 Å². The summed E-state index contributed by atoms with van der Waals surface area (Å²) >= 11 is 0. The van der Waals surface area contributed by atoms with E-state index in [2.05, 4.69) is 35.7 Å². The fraction of sp³-hybridized carbons (Fsp3) is 0.500. The molecule has 0 aromatic rings. The smallest absolute Gasteiger partial charge is 0.119 e. The van der Waals surface area contributed by atoms with Crippen LogP contribution >= 0.6 is 0 Å². The molecule has 2 nitrogen and oxygen atoms in total. The number of rotatable bonds is 3. The second kappa shape index (κ2) is 9.53. The lowest BCUT2D eigenvalue weighted by atomic mass is 10.2. The van der Waals surface area contributed by atoms with E-state index in [1.54, 1.807) is 6.92 Å². The van der Waals surface area contributed by atoms with Crippen molar-refractivity contribution in [3.63, 3.8) is 0 Å². The van der Waals surface area contributed by atoms with Gasteiger partial charge in [-0.25, -0.2) is 0 Å². The molecule has 0 heterocycles. The number of hydrogen-bond acceptors (Lipinski definition) is 2. The van der Waals surface area contributed by atoms with Gasteiger partial charge in [-0.3, -0.25) is 0 Å². The van der Waals surface area contributed by atoms with Gasteiger partial charge in [0.05, 0.1) is 6.61 Å². The molecule has 0 aliphatic rings. The van der Waals surface area contributed by atoms with E-state index in [0.29, 0.717) is 19.4 Å². The molecule has 0 rings (SSSR count). The molecule has 0 fully saturated rings. The Bertz CT molecular complexity index is 311. The number of aliphatic hydroxyl groups is 1. The zero-order valence-electron chi connectivity index (χ0n) is 8.55. The molecular formula is C12H14O2. The summed E-state index contributed by atoms with van der Waals surface area (Å²) in [6.45, 7) is 4.11. The van der Waals surface area contributed by atoms with Crippen LogP contribution in [0.25, 0.3) is 0 Å². The molecular weight excluding hydrogens is 176 g/mol. The van der Waals surface area contributed by atoms with Crippen LogP contribution in [0.5, 0.6) is 0 Å². The summed E-state index contributed by atoms with van der Waals surface area (Å²) in [6.07, 6.45) is 2.87. The Labute approximate surface area is 85.7 Å². The molecule has 1 atom stereocenters. The minimum Gasteiger partial charge on any atom is -0.447 e. The largest absolute Gasteiger partial charge is 0.447 e. The zero-order valence-corrected chi connectivity index (χ0v) is 8.55. The first-order chi connectivity index (χ1) is 6.81. The highest BCUT2D eigenvalue weighted by Gasteiger charge is 1.95. The van der Waals surface area contributed by atoms with Gasteiger partial charge in [0.15, 0.2) is 0 Å². The van der Waals surface area contributed by atoms with Gasteiger partial charge in [-0.15, -0.1) is 0 Å². The Kier molecular flexibility index (Phi) is 8.47. The fourth-order valence-corrected chi connectivity index (χ4v) is 0.632. The van der Waals surface area contributed by atoms with Crippen molar-refractivity contribution in [1.82, 2.24) is 0 Å². The summed E-state index contributed by atoms with van der Waals surface area (Å²) in [5, 5.41) is 9.27. The molecule has 74 valence electrons. The van der Waals surface area contributed by atoms with Crippen LogP contribution in [-0.4, -0.2) is 17.8 Å². The summed E-state index contributed by atoms with van der Waals surface area (Å²) < 4.78 is 4.77. The maximum atomic E-state index is 9.27. The van der Waals surface area contributed by atoms with Crippen LogP contribution in [0.1, 0.15) is 26.7 Å². The first-order valence-corrected chi connectivity index (χ1v) is 4.51. The summed E-state index contributed by atoms with van der Waals surface area (Å²) in [5.41, 5.74) is 0. The van der Waals surface area contributed by atoms with Gasteiger partial charge in [0.25, 0.3) is 0 Å². The van der Waals surface area contributed by atoms with Crippen LogP contribution in [-0.2, 0) is 4.74 Å². The highest BCUT2D eigenvalue weighted by Crippen LogP contribution is 1.93. The van der Waals surface area contributed by atoms with Gasteiger partial charge in [0, 0.05) is 6.42 Å². The van der Waals surface area contributed by atoms with Crippen LogP contribution in [0.3, 0.4) is 0 Å².